The fraction of sp³-hybridized carbons (Fsp3) is 0. The molecule has 0 N–H and O–H groups in total. The first-order valence-electron chi connectivity index (χ1n) is 32.6. The molecule has 4 heterocycles. The number of hydrogen-bond donors (Lipinski definition) is 0. The summed E-state index contributed by atoms with van der Waals surface area (Å²) in [5, 5.41) is 4.88. The number of para-hydroxylation sites is 2. The third kappa shape index (κ3) is 8.61. The zero-order valence-corrected chi connectivity index (χ0v) is 51.4. The molecule has 0 radical (unpaired) electrons. The van der Waals surface area contributed by atoms with Gasteiger partial charge in [0.1, 0.15) is 0 Å². The summed E-state index contributed by atoms with van der Waals surface area (Å²) in [6.45, 7) is -0.185. The molecule has 2 aliphatic rings. The first kappa shape index (κ1) is 53.6. The standard InChI is InChI=1S/C90H58BN3/c1-6-22-59(23-7-1)63-38-42-65(43-39-63)73-32-16-18-34-75(73)69-48-51-84-81(53-69)91-82-54-70(76-35-19-17-33-74(76)66-44-40-64(41-45-66)60-24-8-2-9-25-60)52-80-77-36-20-21-37-83(77)94(90(80)82)88-58-72(57-87(89(88)91)92(84)71-30-14-5-15-31-71)93-85-55-67(61-26-10-3-11-27-61)46-49-78(85)79-50-47-68(56-86(79)93)62-28-12-4-13-29-62/h1-58H. The smallest absolute Gasteiger partial charge is 0.252 e. The van der Waals surface area contributed by atoms with Gasteiger partial charge in [0.05, 0.1) is 22.2 Å². The lowest BCUT2D eigenvalue weighted by Gasteiger charge is -2.41. The van der Waals surface area contributed by atoms with Crippen LogP contribution >= 0.6 is 0 Å². The summed E-state index contributed by atoms with van der Waals surface area (Å²) < 4.78 is 5.19. The maximum absolute atomic E-state index is 2.63. The average molecular weight is 1190 g/mol. The molecule has 0 aliphatic carbocycles. The van der Waals surface area contributed by atoms with Crippen LogP contribution in [0.25, 0.3) is 144 Å². The molecule has 0 spiro atoms. The summed E-state index contributed by atoms with van der Waals surface area (Å²) in [5.41, 5.74) is 33.3. The van der Waals surface area contributed by atoms with Crippen molar-refractivity contribution in [2.45, 2.75) is 0 Å². The fourth-order valence-electron chi connectivity index (χ4n) is 15.6. The molecule has 2 aliphatic heterocycles. The van der Waals surface area contributed by atoms with E-state index >= 15 is 0 Å². The van der Waals surface area contributed by atoms with Crippen molar-refractivity contribution in [3.63, 3.8) is 0 Å². The molecule has 0 saturated heterocycles. The van der Waals surface area contributed by atoms with Crippen LogP contribution in [0.5, 0.6) is 0 Å². The van der Waals surface area contributed by atoms with Crippen molar-refractivity contribution in [2.75, 3.05) is 4.90 Å². The Bertz CT molecular complexity index is 5720. The topological polar surface area (TPSA) is 13.1 Å². The lowest BCUT2D eigenvalue weighted by Crippen LogP contribution is -2.60. The van der Waals surface area contributed by atoms with E-state index in [0.717, 1.165) is 33.8 Å². The molecular weight excluding hydrogens is 1130 g/mol. The summed E-state index contributed by atoms with van der Waals surface area (Å²) in [7, 11) is 0. The van der Waals surface area contributed by atoms with Crippen LogP contribution in [0.15, 0.2) is 352 Å². The second-order valence-electron chi connectivity index (χ2n) is 25.1. The molecule has 15 aromatic carbocycles. The van der Waals surface area contributed by atoms with Crippen molar-refractivity contribution in [1.29, 1.82) is 0 Å². The van der Waals surface area contributed by atoms with E-state index in [9.17, 15) is 0 Å². The highest BCUT2D eigenvalue weighted by atomic mass is 15.2. The van der Waals surface area contributed by atoms with Crippen LogP contribution in [0.4, 0.5) is 17.1 Å². The van der Waals surface area contributed by atoms with E-state index in [0.29, 0.717) is 0 Å². The number of nitrogens with zero attached hydrogens (tertiary/aromatic N) is 3. The SMILES string of the molecule is c1ccc(-c2ccc(-c3ccccc3-c3ccc4c(c3)B3c5c(cc(-n6c7cc(-c8ccccc8)ccc7c7ccc(-c8ccccc8)cc76)cc5-n5c6ccccc6c6cc(-c7ccccc7-c7ccc(-c8ccccc8)cc7)cc3c65)N4c3ccccc3)cc2)cc1. The Balaban J connectivity index is 0.897. The summed E-state index contributed by atoms with van der Waals surface area (Å²) >= 11 is 0. The Morgan fingerprint density at radius 2 is 0.596 bits per heavy atom. The minimum Gasteiger partial charge on any atom is -0.311 e. The molecule has 2 aromatic heterocycles. The van der Waals surface area contributed by atoms with Gasteiger partial charge in [0.2, 0.25) is 0 Å². The average Bonchev–Trinajstić information content (AvgIpc) is 1.36. The predicted molar refractivity (Wildman–Crippen MR) is 398 cm³/mol. The molecule has 0 bridgehead atoms. The van der Waals surface area contributed by atoms with Gasteiger partial charge in [0.15, 0.2) is 0 Å². The van der Waals surface area contributed by atoms with Crippen molar-refractivity contribution in [1.82, 2.24) is 9.13 Å². The number of rotatable bonds is 10. The number of aromatic nitrogens is 2. The minimum absolute atomic E-state index is 0.185. The third-order valence-corrected chi connectivity index (χ3v) is 19.9. The van der Waals surface area contributed by atoms with Crippen molar-refractivity contribution in [3.05, 3.63) is 352 Å². The van der Waals surface area contributed by atoms with E-state index in [1.54, 1.807) is 0 Å². The van der Waals surface area contributed by atoms with E-state index in [-0.39, 0.29) is 6.71 Å². The quantitative estimate of drug-likeness (QED) is 0.124. The van der Waals surface area contributed by atoms with Gasteiger partial charge in [-0.1, -0.05) is 297 Å². The highest BCUT2D eigenvalue weighted by Crippen LogP contribution is 2.47. The number of benzene rings is 15. The van der Waals surface area contributed by atoms with Crippen molar-refractivity contribution in [2.24, 2.45) is 0 Å². The molecule has 19 rings (SSSR count). The van der Waals surface area contributed by atoms with Gasteiger partial charge in [-0.2, -0.15) is 0 Å². The maximum atomic E-state index is 2.63. The van der Waals surface area contributed by atoms with E-state index in [2.05, 4.69) is 366 Å². The first-order chi connectivity index (χ1) is 46.6. The van der Waals surface area contributed by atoms with Gasteiger partial charge < -0.3 is 14.0 Å². The molecule has 94 heavy (non-hydrogen) atoms. The normalized spacial score (nSPS) is 12.2. The highest BCUT2D eigenvalue weighted by Gasteiger charge is 2.43. The van der Waals surface area contributed by atoms with Crippen molar-refractivity contribution >= 4 is 83.8 Å². The van der Waals surface area contributed by atoms with Crippen LogP contribution in [0.2, 0.25) is 0 Å². The number of fused-ring (bicyclic) bond motifs is 10. The monoisotopic (exact) mass is 1190 g/mol. The zero-order valence-electron chi connectivity index (χ0n) is 51.4. The Labute approximate surface area is 546 Å². The molecule has 0 atom stereocenters. The Hall–Kier alpha value is -12.2. The van der Waals surface area contributed by atoms with Crippen molar-refractivity contribution in [3.8, 4) is 100 Å². The van der Waals surface area contributed by atoms with Gasteiger partial charge in [-0.3, -0.25) is 0 Å². The van der Waals surface area contributed by atoms with Crippen LogP contribution in [-0.4, -0.2) is 15.8 Å². The Morgan fingerprint density at radius 1 is 0.202 bits per heavy atom. The molecular formula is C90H58BN3. The number of anilines is 3. The Kier molecular flexibility index (Phi) is 12.4. The van der Waals surface area contributed by atoms with Gasteiger partial charge in [0.25, 0.3) is 6.71 Å². The lowest BCUT2D eigenvalue weighted by atomic mass is 9.33. The molecule has 436 valence electrons. The second-order valence-corrected chi connectivity index (χ2v) is 25.1. The lowest BCUT2D eigenvalue weighted by molar-refractivity contribution is 1.13. The Morgan fingerprint density at radius 3 is 1.14 bits per heavy atom. The van der Waals surface area contributed by atoms with Crippen LogP contribution in [-0.2, 0) is 0 Å². The summed E-state index contributed by atoms with van der Waals surface area (Å²) in [5.74, 6) is 0. The van der Waals surface area contributed by atoms with Crippen LogP contribution < -0.4 is 21.3 Å². The summed E-state index contributed by atoms with van der Waals surface area (Å²) in [4.78, 5) is 2.57. The summed E-state index contributed by atoms with van der Waals surface area (Å²) in [6, 6.07) is 131. The maximum Gasteiger partial charge on any atom is 0.252 e. The van der Waals surface area contributed by atoms with E-state index in [1.807, 2.05) is 0 Å². The van der Waals surface area contributed by atoms with E-state index in [4.69, 9.17) is 0 Å². The molecule has 4 heteroatoms. The highest BCUT2D eigenvalue weighted by molar-refractivity contribution is 7.00. The van der Waals surface area contributed by atoms with E-state index in [1.165, 1.54) is 144 Å². The molecule has 0 amide bonds. The van der Waals surface area contributed by atoms with Gasteiger partial charge in [-0.05, 0) is 160 Å². The molecule has 0 fully saturated rings. The van der Waals surface area contributed by atoms with Crippen molar-refractivity contribution < 1.29 is 0 Å². The van der Waals surface area contributed by atoms with Gasteiger partial charge in [-0.25, -0.2) is 0 Å². The molecule has 3 nitrogen and oxygen atoms in total. The van der Waals surface area contributed by atoms with Gasteiger partial charge in [0, 0.05) is 49.8 Å². The third-order valence-electron chi connectivity index (χ3n) is 19.9. The molecule has 0 saturated carbocycles. The van der Waals surface area contributed by atoms with Crippen LogP contribution in [0.3, 0.4) is 0 Å². The number of hydrogen-bond acceptors (Lipinski definition) is 1. The van der Waals surface area contributed by atoms with Crippen LogP contribution in [0, 0.1) is 0 Å². The van der Waals surface area contributed by atoms with Crippen LogP contribution in [0.1, 0.15) is 0 Å². The summed E-state index contributed by atoms with van der Waals surface area (Å²) in [6.07, 6.45) is 0. The zero-order chi connectivity index (χ0) is 61.8. The molecule has 0 unspecified atom stereocenters. The predicted octanol–water partition coefficient (Wildman–Crippen LogP) is 21.8. The van der Waals surface area contributed by atoms with E-state index < -0.39 is 0 Å². The minimum atomic E-state index is -0.185. The molecule has 17 aromatic rings. The first-order valence-corrected chi connectivity index (χ1v) is 32.6. The second kappa shape index (κ2) is 21.7. The van der Waals surface area contributed by atoms with Gasteiger partial charge >= 0.3 is 0 Å². The van der Waals surface area contributed by atoms with Gasteiger partial charge in [-0.15, -0.1) is 0 Å². The largest absolute Gasteiger partial charge is 0.311 e. The fourth-order valence-corrected chi connectivity index (χ4v) is 15.6.